The number of benzene rings is 2. The van der Waals surface area contributed by atoms with Crippen molar-refractivity contribution in [3.05, 3.63) is 54.1 Å². The van der Waals surface area contributed by atoms with Gasteiger partial charge in [0.15, 0.2) is 5.11 Å². The summed E-state index contributed by atoms with van der Waals surface area (Å²) in [5.74, 6) is 0. The molecule has 140 valence electrons. The van der Waals surface area contributed by atoms with Crippen LogP contribution in [0.1, 0.15) is 5.56 Å². The van der Waals surface area contributed by atoms with Gasteiger partial charge < -0.3 is 15.5 Å². The van der Waals surface area contributed by atoms with Crippen LogP contribution in [0, 0.1) is 0 Å². The summed E-state index contributed by atoms with van der Waals surface area (Å²) in [6.07, 6.45) is 0. The number of thiocarbonyl (C=S) groups is 1. The van der Waals surface area contributed by atoms with Gasteiger partial charge in [-0.1, -0.05) is 18.2 Å². The highest BCUT2D eigenvalue weighted by molar-refractivity contribution is 7.89. The molecule has 0 saturated heterocycles. The predicted molar refractivity (Wildman–Crippen MR) is 111 cm³/mol. The first kappa shape index (κ1) is 20.2. The van der Waals surface area contributed by atoms with Crippen molar-refractivity contribution >= 4 is 38.7 Å². The monoisotopic (exact) mass is 392 g/mol. The Morgan fingerprint density at radius 3 is 2.27 bits per heavy atom. The topological polar surface area (TPSA) is 64.7 Å². The number of nitrogens with one attached hydrogen (secondary N) is 2. The van der Waals surface area contributed by atoms with Gasteiger partial charge in [-0.15, -0.1) is 0 Å². The van der Waals surface area contributed by atoms with Crippen LogP contribution in [0.25, 0.3) is 0 Å². The molecule has 0 bridgehead atoms. The maximum atomic E-state index is 12.2. The van der Waals surface area contributed by atoms with E-state index in [1.807, 2.05) is 43.3 Å². The van der Waals surface area contributed by atoms with Crippen LogP contribution >= 0.6 is 12.2 Å². The number of hydrogen-bond donors (Lipinski definition) is 2. The summed E-state index contributed by atoms with van der Waals surface area (Å²) >= 11 is 5.30. The second-order valence-corrected chi connectivity index (χ2v) is 8.74. The third kappa shape index (κ3) is 5.17. The summed E-state index contributed by atoms with van der Waals surface area (Å²) in [7, 11) is 3.52. The summed E-state index contributed by atoms with van der Waals surface area (Å²) in [6, 6.07) is 14.7. The van der Waals surface area contributed by atoms with Gasteiger partial charge >= 0.3 is 0 Å². The molecule has 0 saturated carbocycles. The zero-order valence-electron chi connectivity index (χ0n) is 15.4. The molecule has 0 aliphatic heterocycles. The SMILES string of the molecule is CN(C)c1ccc(CNC(=S)Nc2cccc(S(=O)(=O)N(C)C)c2)cc1. The summed E-state index contributed by atoms with van der Waals surface area (Å²) in [4.78, 5) is 2.26. The van der Waals surface area contributed by atoms with Crippen molar-refractivity contribution in [3.63, 3.8) is 0 Å². The molecule has 2 aromatic carbocycles. The maximum absolute atomic E-state index is 12.2. The lowest BCUT2D eigenvalue weighted by molar-refractivity contribution is 0.521. The molecule has 0 radical (unpaired) electrons. The molecule has 0 aliphatic carbocycles. The van der Waals surface area contributed by atoms with E-state index in [0.717, 1.165) is 11.3 Å². The first-order chi connectivity index (χ1) is 12.2. The van der Waals surface area contributed by atoms with Gasteiger partial charge in [-0.25, -0.2) is 12.7 Å². The van der Waals surface area contributed by atoms with Crippen molar-refractivity contribution in [2.45, 2.75) is 11.4 Å². The standard InChI is InChI=1S/C18H24N4O2S2/c1-21(2)16-10-8-14(9-11-16)13-19-18(25)20-15-6-5-7-17(12-15)26(23,24)22(3)4/h5-12H,13H2,1-4H3,(H2,19,20,25). The Morgan fingerprint density at radius 2 is 1.69 bits per heavy atom. The van der Waals surface area contributed by atoms with Crippen LogP contribution in [-0.4, -0.2) is 46.0 Å². The van der Waals surface area contributed by atoms with Crippen molar-refractivity contribution in [3.8, 4) is 0 Å². The fraction of sp³-hybridized carbons (Fsp3) is 0.278. The number of hydrogen-bond acceptors (Lipinski definition) is 4. The summed E-state index contributed by atoms with van der Waals surface area (Å²) in [6.45, 7) is 0.579. The number of sulfonamides is 1. The molecule has 6 nitrogen and oxygen atoms in total. The van der Waals surface area contributed by atoms with Crippen molar-refractivity contribution in [1.82, 2.24) is 9.62 Å². The first-order valence-corrected chi connectivity index (χ1v) is 9.88. The first-order valence-electron chi connectivity index (χ1n) is 8.04. The highest BCUT2D eigenvalue weighted by atomic mass is 32.2. The average Bonchev–Trinajstić information content (AvgIpc) is 2.60. The molecule has 2 rings (SSSR count). The van der Waals surface area contributed by atoms with E-state index in [-0.39, 0.29) is 4.90 Å². The largest absolute Gasteiger partial charge is 0.378 e. The molecule has 2 aromatic rings. The van der Waals surface area contributed by atoms with Gasteiger partial charge in [0.05, 0.1) is 4.90 Å². The molecule has 0 heterocycles. The lowest BCUT2D eigenvalue weighted by atomic mass is 10.2. The van der Waals surface area contributed by atoms with Gasteiger partial charge in [0, 0.05) is 46.1 Å². The fourth-order valence-corrected chi connectivity index (χ4v) is 3.35. The van der Waals surface area contributed by atoms with Gasteiger partial charge in [0.2, 0.25) is 10.0 Å². The Kier molecular flexibility index (Phi) is 6.57. The van der Waals surface area contributed by atoms with Crippen LogP contribution in [0.5, 0.6) is 0 Å². The minimum Gasteiger partial charge on any atom is -0.378 e. The minimum absolute atomic E-state index is 0.217. The van der Waals surface area contributed by atoms with Crippen molar-refractivity contribution < 1.29 is 8.42 Å². The van der Waals surface area contributed by atoms with E-state index in [9.17, 15) is 8.42 Å². The molecule has 0 atom stereocenters. The lowest BCUT2D eigenvalue weighted by Crippen LogP contribution is -2.28. The van der Waals surface area contributed by atoms with Crippen molar-refractivity contribution in [2.24, 2.45) is 0 Å². The summed E-state index contributed by atoms with van der Waals surface area (Å²) < 4.78 is 25.6. The van der Waals surface area contributed by atoms with E-state index in [0.29, 0.717) is 17.3 Å². The van der Waals surface area contributed by atoms with Crippen LogP contribution in [0.15, 0.2) is 53.4 Å². The van der Waals surface area contributed by atoms with Crippen LogP contribution in [-0.2, 0) is 16.6 Å². The second-order valence-electron chi connectivity index (χ2n) is 6.18. The van der Waals surface area contributed by atoms with E-state index in [1.165, 1.54) is 18.4 Å². The molecule has 2 N–H and O–H groups in total. The molecular formula is C18H24N4O2S2. The molecule has 0 fully saturated rings. The Hall–Kier alpha value is -2.16. The third-order valence-corrected chi connectivity index (χ3v) is 5.83. The molecule has 0 aromatic heterocycles. The molecule has 0 unspecified atom stereocenters. The Labute approximate surface area is 160 Å². The average molecular weight is 393 g/mol. The highest BCUT2D eigenvalue weighted by Gasteiger charge is 2.17. The molecule has 0 spiro atoms. The van der Waals surface area contributed by atoms with Gasteiger partial charge in [0.25, 0.3) is 0 Å². The van der Waals surface area contributed by atoms with E-state index >= 15 is 0 Å². The maximum Gasteiger partial charge on any atom is 0.242 e. The van der Waals surface area contributed by atoms with Crippen molar-refractivity contribution in [1.29, 1.82) is 0 Å². The van der Waals surface area contributed by atoms with Gasteiger partial charge in [-0.2, -0.15) is 0 Å². The molecule has 8 heteroatoms. The third-order valence-electron chi connectivity index (χ3n) is 3.78. The second kappa shape index (κ2) is 8.48. The minimum atomic E-state index is -3.48. The fourth-order valence-electron chi connectivity index (χ4n) is 2.21. The smallest absolute Gasteiger partial charge is 0.242 e. The normalized spacial score (nSPS) is 11.3. The van der Waals surface area contributed by atoms with Gasteiger partial charge in [-0.3, -0.25) is 0 Å². The Morgan fingerprint density at radius 1 is 1.04 bits per heavy atom. The summed E-state index contributed by atoms with van der Waals surface area (Å²) in [5, 5.41) is 6.58. The zero-order valence-corrected chi connectivity index (χ0v) is 17.0. The van der Waals surface area contributed by atoms with E-state index < -0.39 is 10.0 Å². The van der Waals surface area contributed by atoms with E-state index in [1.54, 1.807) is 24.3 Å². The van der Waals surface area contributed by atoms with E-state index in [4.69, 9.17) is 12.2 Å². The molecule has 0 aliphatic rings. The summed E-state index contributed by atoms with van der Waals surface area (Å²) in [5.41, 5.74) is 2.85. The quantitative estimate of drug-likeness (QED) is 0.737. The lowest BCUT2D eigenvalue weighted by Gasteiger charge is -2.15. The van der Waals surface area contributed by atoms with Crippen LogP contribution < -0.4 is 15.5 Å². The van der Waals surface area contributed by atoms with E-state index in [2.05, 4.69) is 10.6 Å². The van der Waals surface area contributed by atoms with Crippen LogP contribution in [0.3, 0.4) is 0 Å². The van der Waals surface area contributed by atoms with Crippen LogP contribution in [0.2, 0.25) is 0 Å². The highest BCUT2D eigenvalue weighted by Crippen LogP contribution is 2.18. The molecule has 0 amide bonds. The molecular weight excluding hydrogens is 368 g/mol. The van der Waals surface area contributed by atoms with Crippen LogP contribution in [0.4, 0.5) is 11.4 Å². The number of nitrogens with zero attached hydrogens (tertiary/aromatic N) is 2. The zero-order chi connectivity index (χ0) is 19.3. The predicted octanol–water partition coefficient (Wildman–Crippen LogP) is 2.49. The van der Waals surface area contributed by atoms with Gasteiger partial charge in [-0.05, 0) is 48.1 Å². The van der Waals surface area contributed by atoms with Gasteiger partial charge in [0.1, 0.15) is 0 Å². The Bertz CT molecular complexity index is 863. The number of rotatable bonds is 6. The number of anilines is 2. The van der Waals surface area contributed by atoms with Crippen molar-refractivity contribution in [2.75, 3.05) is 38.4 Å². The molecule has 26 heavy (non-hydrogen) atoms. The Balaban J connectivity index is 1.98.